The van der Waals surface area contributed by atoms with Gasteiger partial charge in [-0.15, -0.1) is 0 Å². The van der Waals surface area contributed by atoms with E-state index in [-0.39, 0.29) is 5.91 Å². The summed E-state index contributed by atoms with van der Waals surface area (Å²) in [5.41, 5.74) is 0. The molecule has 0 spiro atoms. The third-order valence-electron chi connectivity index (χ3n) is 1.70. The topological polar surface area (TPSA) is 44.7 Å². The van der Waals surface area contributed by atoms with Crippen LogP contribution in [0.3, 0.4) is 0 Å². The lowest BCUT2D eigenvalue weighted by Gasteiger charge is -2.10. The van der Waals surface area contributed by atoms with E-state index in [0.29, 0.717) is 13.0 Å². The van der Waals surface area contributed by atoms with Crippen LogP contribution in [0.2, 0.25) is 0 Å². The number of carbonyl (C=O) groups excluding carboxylic acids is 1. The van der Waals surface area contributed by atoms with Gasteiger partial charge in [-0.3, -0.25) is 9.79 Å². The molecule has 1 rings (SSSR count). The molecule has 1 amide bonds. The first-order valence-electron chi connectivity index (χ1n) is 4.31. The van der Waals surface area contributed by atoms with Crippen molar-refractivity contribution >= 4 is 22.8 Å². The summed E-state index contributed by atoms with van der Waals surface area (Å²) in [4.78, 5) is 17.0. The molecule has 1 aliphatic rings. The summed E-state index contributed by atoms with van der Waals surface area (Å²) < 4.78 is 0. The van der Waals surface area contributed by atoms with Crippen LogP contribution < -0.4 is 5.32 Å². The van der Waals surface area contributed by atoms with Crippen LogP contribution in [0.15, 0.2) is 4.99 Å². The summed E-state index contributed by atoms with van der Waals surface area (Å²) in [5, 5.41) is 4.11. The van der Waals surface area contributed by atoms with Gasteiger partial charge in [-0.2, -0.15) is 0 Å². The summed E-state index contributed by atoms with van der Waals surface area (Å²) >= 11 is 1.72. The SMILES string of the molecule is CN(C)C(=O)CCNC1=NCCS1. The van der Waals surface area contributed by atoms with Crippen molar-refractivity contribution in [3.8, 4) is 0 Å². The van der Waals surface area contributed by atoms with E-state index in [4.69, 9.17) is 0 Å². The lowest BCUT2D eigenvalue weighted by molar-refractivity contribution is -0.128. The predicted octanol–water partition coefficient (Wildman–Crippen LogP) is 0.157. The number of aliphatic imine (C=N–C) groups is 1. The van der Waals surface area contributed by atoms with Gasteiger partial charge >= 0.3 is 0 Å². The maximum Gasteiger partial charge on any atom is 0.223 e. The van der Waals surface area contributed by atoms with E-state index in [2.05, 4.69) is 10.3 Å². The van der Waals surface area contributed by atoms with E-state index in [1.165, 1.54) is 0 Å². The molecule has 1 aliphatic heterocycles. The zero-order chi connectivity index (χ0) is 9.68. The second-order valence-corrected chi connectivity index (χ2v) is 4.08. The Morgan fingerprint density at radius 3 is 3.00 bits per heavy atom. The molecule has 1 heterocycles. The molecule has 0 bridgehead atoms. The first-order chi connectivity index (χ1) is 6.20. The largest absolute Gasteiger partial charge is 0.364 e. The highest BCUT2D eigenvalue weighted by molar-refractivity contribution is 8.14. The molecule has 74 valence electrons. The van der Waals surface area contributed by atoms with Crippen molar-refractivity contribution in [2.75, 3.05) is 32.9 Å². The Bertz CT molecular complexity index is 215. The van der Waals surface area contributed by atoms with Crippen LogP contribution in [0.1, 0.15) is 6.42 Å². The Kier molecular flexibility index (Phi) is 4.08. The fourth-order valence-corrected chi connectivity index (χ4v) is 1.70. The Hall–Kier alpha value is -0.710. The molecule has 0 saturated carbocycles. The fraction of sp³-hybridized carbons (Fsp3) is 0.750. The van der Waals surface area contributed by atoms with Gasteiger partial charge in [0, 0.05) is 32.8 Å². The second kappa shape index (κ2) is 5.11. The molecule has 0 aromatic carbocycles. The minimum Gasteiger partial charge on any atom is -0.364 e. The highest BCUT2D eigenvalue weighted by Crippen LogP contribution is 2.08. The average Bonchev–Trinajstić information content (AvgIpc) is 2.56. The number of rotatable bonds is 3. The summed E-state index contributed by atoms with van der Waals surface area (Å²) in [5.74, 6) is 1.21. The summed E-state index contributed by atoms with van der Waals surface area (Å²) in [6.45, 7) is 1.58. The molecule has 13 heavy (non-hydrogen) atoms. The number of hydrogen-bond acceptors (Lipinski definition) is 4. The van der Waals surface area contributed by atoms with Crippen molar-refractivity contribution in [3.63, 3.8) is 0 Å². The smallest absolute Gasteiger partial charge is 0.223 e. The fourth-order valence-electron chi connectivity index (χ4n) is 0.942. The first kappa shape index (κ1) is 10.4. The van der Waals surface area contributed by atoms with Crippen molar-refractivity contribution in [2.24, 2.45) is 4.99 Å². The van der Waals surface area contributed by atoms with E-state index >= 15 is 0 Å². The maximum atomic E-state index is 11.2. The van der Waals surface area contributed by atoms with Crippen LogP contribution >= 0.6 is 11.8 Å². The van der Waals surface area contributed by atoms with E-state index < -0.39 is 0 Å². The van der Waals surface area contributed by atoms with E-state index in [1.807, 2.05) is 0 Å². The zero-order valence-electron chi connectivity index (χ0n) is 8.04. The molecule has 5 heteroatoms. The van der Waals surface area contributed by atoms with Crippen LogP contribution in [-0.4, -0.2) is 48.9 Å². The molecule has 0 aromatic heterocycles. The molecular weight excluding hydrogens is 186 g/mol. The third kappa shape index (κ3) is 3.67. The number of nitrogens with one attached hydrogen (secondary N) is 1. The number of nitrogens with zero attached hydrogens (tertiary/aromatic N) is 2. The maximum absolute atomic E-state index is 11.2. The molecule has 0 unspecified atom stereocenters. The quantitative estimate of drug-likeness (QED) is 0.707. The average molecular weight is 201 g/mol. The highest BCUT2D eigenvalue weighted by atomic mass is 32.2. The number of amides is 1. The van der Waals surface area contributed by atoms with Crippen LogP contribution in [-0.2, 0) is 4.79 Å². The molecular formula is C8H15N3OS. The number of amidine groups is 1. The van der Waals surface area contributed by atoms with Crippen molar-refractivity contribution in [2.45, 2.75) is 6.42 Å². The number of hydrogen-bond donors (Lipinski definition) is 1. The summed E-state index contributed by atoms with van der Waals surface area (Å²) in [6, 6.07) is 0. The van der Waals surface area contributed by atoms with Crippen LogP contribution in [0, 0.1) is 0 Å². The van der Waals surface area contributed by atoms with Gasteiger partial charge in [-0.05, 0) is 0 Å². The van der Waals surface area contributed by atoms with E-state index in [0.717, 1.165) is 17.5 Å². The van der Waals surface area contributed by atoms with Crippen molar-refractivity contribution in [1.82, 2.24) is 10.2 Å². The zero-order valence-corrected chi connectivity index (χ0v) is 8.86. The Morgan fingerprint density at radius 1 is 1.69 bits per heavy atom. The van der Waals surface area contributed by atoms with E-state index in [9.17, 15) is 4.79 Å². The van der Waals surface area contributed by atoms with Crippen molar-refractivity contribution in [3.05, 3.63) is 0 Å². The third-order valence-corrected chi connectivity index (χ3v) is 2.63. The predicted molar refractivity (Wildman–Crippen MR) is 56.1 cm³/mol. The number of carbonyl (C=O) groups is 1. The monoisotopic (exact) mass is 201 g/mol. The minimum atomic E-state index is 0.149. The van der Waals surface area contributed by atoms with Crippen molar-refractivity contribution in [1.29, 1.82) is 0 Å². The first-order valence-corrected chi connectivity index (χ1v) is 5.30. The van der Waals surface area contributed by atoms with Crippen LogP contribution in [0.4, 0.5) is 0 Å². The molecule has 0 aromatic rings. The minimum absolute atomic E-state index is 0.149. The molecule has 0 radical (unpaired) electrons. The lowest BCUT2D eigenvalue weighted by atomic mass is 10.4. The van der Waals surface area contributed by atoms with Gasteiger partial charge in [0.05, 0.1) is 6.54 Å². The van der Waals surface area contributed by atoms with Gasteiger partial charge < -0.3 is 10.2 Å². The molecule has 1 N–H and O–H groups in total. The van der Waals surface area contributed by atoms with Gasteiger partial charge in [0.2, 0.25) is 5.91 Å². The standard InChI is InChI=1S/C8H15N3OS/c1-11(2)7(12)3-4-9-8-10-5-6-13-8/h3-6H2,1-2H3,(H,9,10). The normalized spacial score (nSPS) is 15.4. The van der Waals surface area contributed by atoms with E-state index in [1.54, 1.807) is 30.8 Å². The van der Waals surface area contributed by atoms with Gasteiger partial charge in [-0.25, -0.2) is 0 Å². The molecule has 0 saturated heterocycles. The Labute approximate surface area is 82.8 Å². The summed E-state index contributed by atoms with van der Waals surface area (Å²) in [6.07, 6.45) is 0.534. The molecule has 0 fully saturated rings. The Balaban J connectivity index is 2.10. The van der Waals surface area contributed by atoms with Crippen LogP contribution in [0.25, 0.3) is 0 Å². The van der Waals surface area contributed by atoms with Gasteiger partial charge in [-0.1, -0.05) is 11.8 Å². The van der Waals surface area contributed by atoms with Crippen molar-refractivity contribution < 1.29 is 4.79 Å². The molecule has 0 atom stereocenters. The van der Waals surface area contributed by atoms with Gasteiger partial charge in [0.1, 0.15) is 0 Å². The summed E-state index contributed by atoms with van der Waals surface area (Å²) in [7, 11) is 3.54. The van der Waals surface area contributed by atoms with Gasteiger partial charge in [0.15, 0.2) is 5.17 Å². The highest BCUT2D eigenvalue weighted by Gasteiger charge is 2.07. The lowest BCUT2D eigenvalue weighted by Crippen LogP contribution is -2.28. The number of thioether (sulfide) groups is 1. The van der Waals surface area contributed by atoms with Crippen LogP contribution in [0.5, 0.6) is 0 Å². The molecule has 0 aliphatic carbocycles. The Morgan fingerprint density at radius 2 is 2.46 bits per heavy atom. The second-order valence-electron chi connectivity index (χ2n) is 3.00. The van der Waals surface area contributed by atoms with Gasteiger partial charge in [0.25, 0.3) is 0 Å². The molecule has 4 nitrogen and oxygen atoms in total.